The summed E-state index contributed by atoms with van der Waals surface area (Å²) in [5, 5.41) is 1.38. The van der Waals surface area contributed by atoms with Gasteiger partial charge in [-0.05, 0) is 41.9 Å². The minimum absolute atomic E-state index is 0.0867. The number of ether oxygens (including phenoxy) is 1. The van der Waals surface area contributed by atoms with Gasteiger partial charge in [-0.15, -0.1) is 0 Å². The summed E-state index contributed by atoms with van der Waals surface area (Å²) in [6, 6.07) is 22.1. The smallest absolute Gasteiger partial charge is 0.233 e. The van der Waals surface area contributed by atoms with Crippen LogP contribution in [-0.2, 0) is 4.79 Å². The lowest BCUT2D eigenvalue weighted by atomic mass is 9.82. The molecule has 0 bridgehead atoms. The Morgan fingerprint density at radius 2 is 1.69 bits per heavy atom. The normalized spacial score (nSPS) is 20.3. The van der Waals surface area contributed by atoms with Crippen molar-refractivity contribution >= 4 is 24.9 Å². The van der Waals surface area contributed by atoms with Crippen molar-refractivity contribution < 1.29 is 13.9 Å². The molecular weight excluding hydrogens is 378 g/mol. The largest absolute Gasteiger partial charge is 0.497 e. The Morgan fingerprint density at radius 3 is 2.28 bits per heavy atom. The second-order valence-corrected chi connectivity index (χ2v) is 13.2. The first-order valence-corrected chi connectivity index (χ1v) is 13.1. The Bertz CT molecular complexity index is 967. The van der Waals surface area contributed by atoms with E-state index in [-0.39, 0.29) is 23.4 Å². The molecule has 1 aliphatic rings. The number of benzene rings is 2. The van der Waals surface area contributed by atoms with Crippen molar-refractivity contribution in [1.29, 1.82) is 0 Å². The maximum atomic E-state index is 13.4. The lowest BCUT2D eigenvalue weighted by Gasteiger charge is -2.51. The van der Waals surface area contributed by atoms with E-state index in [2.05, 4.69) is 44.3 Å². The van der Waals surface area contributed by atoms with E-state index >= 15 is 0 Å². The molecule has 5 heteroatoms. The number of hydrogen-bond donors (Lipinski definition) is 0. The van der Waals surface area contributed by atoms with Crippen LogP contribution in [0.4, 0.5) is 5.69 Å². The average Bonchev–Trinajstić information content (AvgIpc) is 3.27. The highest BCUT2D eigenvalue weighted by Gasteiger charge is 2.56. The molecule has 1 unspecified atom stereocenters. The summed E-state index contributed by atoms with van der Waals surface area (Å²) in [5.41, 5.74) is 1.14. The molecule has 3 aromatic rings. The van der Waals surface area contributed by atoms with Gasteiger partial charge in [0.1, 0.15) is 17.6 Å². The zero-order valence-electron chi connectivity index (χ0n) is 17.3. The fraction of sp³-hybridized carbons (Fsp3) is 0.292. The second-order valence-electron chi connectivity index (χ2n) is 8.27. The summed E-state index contributed by atoms with van der Waals surface area (Å²) in [5.74, 6) is 1.69. The van der Waals surface area contributed by atoms with Gasteiger partial charge >= 0.3 is 0 Å². The summed E-state index contributed by atoms with van der Waals surface area (Å²) < 4.78 is 11.0. The van der Waals surface area contributed by atoms with Crippen LogP contribution in [0, 0.1) is 5.92 Å². The van der Waals surface area contributed by atoms with Crippen LogP contribution >= 0.6 is 0 Å². The standard InChI is InChI=1S/C24H27NO3Si/c1-17(29(3,4)20-9-6-5-7-10-20)22-23(21-11-8-16-28-21)25(24(22)26)18-12-14-19(27-2)15-13-18/h5-17,22-23H,1-4H3/t17?,22-,23+/m0/s1. The molecule has 29 heavy (non-hydrogen) atoms. The highest BCUT2D eigenvalue weighted by atomic mass is 28.3. The van der Waals surface area contributed by atoms with E-state index < -0.39 is 8.07 Å². The summed E-state index contributed by atoms with van der Waals surface area (Å²) in [7, 11) is -0.224. The maximum Gasteiger partial charge on any atom is 0.233 e. The van der Waals surface area contributed by atoms with Crippen LogP contribution < -0.4 is 14.8 Å². The van der Waals surface area contributed by atoms with Gasteiger partial charge in [0.05, 0.1) is 27.4 Å². The van der Waals surface area contributed by atoms with Crippen molar-refractivity contribution in [3.05, 3.63) is 78.8 Å². The van der Waals surface area contributed by atoms with Crippen LogP contribution in [0.1, 0.15) is 18.7 Å². The number of β-lactam (4-membered cyclic amide) rings is 1. The quantitative estimate of drug-likeness (QED) is 0.428. The van der Waals surface area contributed by atoms with Gasteiger partial charge in [-0.25, -0.2) is 0 Å². The van der Waals surface area contributed by atoms with Gasteiger partial charge in [-0.1, -0.05) is 55.5 Å². The molecule has 4 nitrogen and oxygen atoms in total. The number of amides is 1. The van der Waals surface area contributed by atoms with Gasteiger partial charge in [-0.2, -0.15) is 0 Å². The van der Waals surface area contributed by atoms with Crippen LogP contribution in [0.2, 0.25) is 18.6 Å². The zero-order chi connectivity index (χ0) is 20.6. The highest BCUT2D eigenvalue weighted by molar-refractivity contribution is 6.91. The molecule has 2 heterocycles. The zero-order valence-corrected chi connectivity index (χ0v) is 18.3. The van der Waals surface area contributed by atoms with Crippen LogP contribution in [-0.4, -0.2) is 21.1 Å². The van der Waals surface area contributed by atoms with Crippen LogP contribution in [0.3, 0.4) is 0 Å². The summed E-state index contributed by atoms with van der Waals surface area (Å²) in [6.45, 7) is 6.95. The van der Waals surface area contributed by atoms with E-state index in [1.165, 1.54) is 5.19 Å². The number of nitrogens with zero attached hydrogens (tertiary/aromatic N) is 1. The predicted molar refractivity (Wildman–Crippen MR) is 118 cm³/mol. The number of furan rings is 1. The van der Waals surface area contributed by atoms with Gasteiger partial charge in [0.25, 0.3) is 0 Å². The van der Waals surface area contributed by atoms with E-state index in [1.54, 1.807) is 13.4 Å². The minimum atomic E-state index is -1.87. The number of hydrogen-bond acceptors (Lipinski definition) is 3. The third-order valence-corrected chi connectivity index (χ3v) is 11.0. The number of anilines is 1. The third kappa shape index (κ3) is 3.29. The molecule has 0 aliphatic carbocycles. The Morgan fingerprint density at radius 1 is 1.00 bits per heavy atom. The first kappa shape index (κ1) is 19.5. The molecule has 150 valence electrons. The molecule has 1 fully saturated rings. The van der Waals surface area contributed by atoms with Crippen LogP contribution in [0.5, 0.6) is 5.75 Å². The molecule has 3 atom stereocenters. The van der Waals surface area contributed by atoms with Gasteiger partial charge < -0.3 is 14.1 Å². The SMILES string of the molecule is COc1ccc(N2C(=O)[C@@H](C(C)[Si](C)(C)c3ccccc3)[C@H]2c2ccco2)cc1. The molecule has 1 aliphatic heterocycles. The number of carbonyl (C=O) groups excluding carboxylic acids is 1. The molecule has 1 saturated heterocycles. The molecule has 2 aromatic carbocycles. The topological polar surface area (TPSA) is 42.7 Å². The van der Waals surface area contributed by atoms with E-state index in [0.717, 1.165) is 17.2 Å². The van der Waals surface area contributed by atoms with Crippen LogP contribution in [0.25, 0.3) is 0 Å². The highest BCUT2D eigenvalue weighted by Crippen LogP contribution is 2.51. The van der Waals surface area contributed by atoms with Crippen molar-refractivity contribution in [2.24, 2.45) is 5.92 Å². The fourth-order valence-electron chi connectivity index (χ4n) is 4.37. The number of methoxy groups -OCH3 is 1. The summed E-state index contributed by atoms with van der Waals surface area (Å²) >= 11 is 0. The molecule has 0 saturated carbocycles. The van der Waals surface area contributed by atoms with Crippen LogP contribution in [0.15, 0.2) is 77.4 Å². The van der Waals surface area contributed by atoms with Crippen molar-refractivity contribution in [1.82, 2.24) is 0 Å². The number of carbonyl (C=O) groups is 1. The van der Waals surface area contributed by atoms with Crippen molar-refractivity contribution in [3.63, 3.8) is 0 Å². The molecule has 4 rings (SSSR count). The van der Waals surface area contributed by atoms with Gasteiger partial charge in [0, 0.05) is 5.69 Å². The summed E-state index contributed by atoms with van der Waals surface area (Å²) in [4.78, 5) is 15.3. The molecule has 1 aromatic heterocycles. The minimum Gasteiger partial charge on any atom is -0.497 e. The average molecular weight is 406 g/mol. The second kappa shape index (κ2) is 7.56. The fourth-order valence-corrected chi connectivity index (χ4v) is 7.17. The molecule has 0 N–H and O–H groups in total. The van der Waals surface area contributed by atoms with Crippen molar-refractivity contribution in [2.45, 2.75) is 31.6 Å². The molecule has 1 amide bonds. The van der Waals surface area contributed by atoms with E-state index in [0.29, 0.717) is 0 Å². The molecule has 0 radical (unpaired) electrons. The van der Waals surface area contributed by atoms with E-state index in [9.17, 15) is 4.79 Å². The van der Waals surface area contributed by atoms with Gasteiger partial charge in [-0.3, -0.25) is 4.79 Å². The Kier molecular flexibility index (Phi) is 5.09. The van der Waals surface area contributed by atoms with Gasteiger partial charge in [0.15, 0.2) is 0 Å². The van der Waals surface area contributed by atoms with Gasteiger partial charge in [0.2, 0.25) is 5.91 Å². The third-order valence-electron chi connectivity index (χ3n) is 6.52. The Labute approximate surface area is 173 Å². The van der Waals surface area contributed by atoms with E-state index in [4.69, 9.17) is 9.15 Å². The lowest BCUT2D eigenvalue weighted by Crippen LogP contribution is -2.61. The van der Waals surface area contributed by atoms with E-state index in [1.807, 2.05) is 47.4 Å². The number of rotatable bonds is 6. The van der Waals surface area contributed by atoms with Crippen molar-refractivity contribution in [3.8, 4) is 5.75 Å². The molecule has 0 spiro atoms. The predicted octanol–water partition coefficient (Wildman–Crippen LogP) is 5.00. The molecular formula is C24H27NO3Si. The maximum absolute atomic E-state index is 13.4. The first-order chi connectivity index (χ1) is 13.9. The first-order valence-electron chi connectivity index (χ1n) is 10.0. The van der Waals surface area contributed by atoms with Crippen molar-refractivity contribution in [2.75, 3.05) is 12.0 Å². The Hall–Kier alpha value is -2.79. The summed E-state index contributed by atoms with van der Waals surface area (Å²) in [6.07, 6.45) is 1.69. The lowest BCUT2D eigenvalue weighted by molar-refractivity contribution is -0.131. The monoisotopic (exact) mass is 405 g/mol. The Balaban J connectivity index is 1.69.